The van der Waals surface area contributed by atoms with Gasteiger partial charge in [-0.1, -0.05) is 65.3 Å². The highest BCUT2D eigenvalue weighted by atomic mass is 35.5. The number of benzene rings is 3. The van der Waals surface area contributed by atoms with Gasteiger partial charge in [0.05, 0.1) is 27.2 Å². The van der Waals surface area contributed by atoms with Crippen LogP contribution in [0, 0.1) is 6.92 Å². The summed E-state index contributed by atoms with van der Waals surface area (Å²) in [4.78, 5) is 31.1. The first-order valence-corrected chi connectivity index (χ1v) is 14.0. The number of carbonyl (C=O) groups excluding carboxylic acids is 1. The number of aromatic carboxylic acids is 1. The van der Waals surface area contributed by atoms with Gasteiger partial charge < -0.3 is 25.2 Å². The second kappa shape index (κ2) is 11.3. The maximum Gasteiger partial charge on any atom is 0.337 e. The molecule has 1 aliphatic carbocycles. The highest BCUT2D eigenvalue weighted by Crippen LogP contribution is 2.38. The largest absolute Gasteiger partial charge is 0.478 e. The number of rotatable bonds is 6. The van der Waals surface area contributed by atoms with E-state index in [1.165, 1.54) is 6.20 Å². The topological polar surface area (TPSA) is 149 Å². The molecule has 4 N–H and O–H groups in total. The average Bonchev–Trinajstić information content (AvgIpc) is 3.53. The Hall–Kier alpha value is -5.06. The Labute approximate surface area is 251 Å². The van der Waals surface area contributed by atoms with E-state index in [2.05, 4.69) is 20.4 Å². The van der Waals surface area contributed by atoms with E-state index >= 15 is 0 Å². The molecular weight excluding hydrogens is 568 g/mol. The zero-order valence-corrected chi connectivity index (χ0v) is 23.9. The monoisotopic (exact) mass is 594 g/mol. The number of nitrogens with zero attached hydrogens (tertiary/aromatic N) is 4. The van der Waals surface area contributed by atoms with Crippen molar-refractivity contribution < 1.29 is 19.2 Å². The summed E-state index contributed by atoms with van der Waals surface area (Å²) >= 11 is 6.72. The Bertz CT molecular complexity index is 1980. The minimum Gasteiger partial charge on any atom is -0.478 e. The fraction of sp³-hybridized carbons (Fsp3) is 0.156. The lowest BCUT2D eigenvalue weighted by Crippen LogP contribution is -2.42. The van der Waals surface area contributed by atoms with Crippen molar-refractivity contribution in [1.82, 2.24) is 25.0 Å². The van der Waals surface area contributed by atoms with Crippen LogP contribution in [-0.4, -0.2) is 42.2 Å². The van der Waals surface area contributed by atoms with Gasteiger partial charge in [-0.05, 0) is 48.7 Å². The van der Waals surface area contributed by atoms with Crippen molar-refractivity contribution in [3.63, 3.8) is 0 Å². The van der Waals surface area contributed by atoms with Crippen LogP contribution >= 0.6 is 11.6 Å². The summed E-state index contributed by atoms with van der Waals surface area (Å²) in [5, 5.41) is 18.0. The summed E-state index contributed by atoms with van der Waals surface area (Å²) in [6.45, 7) is 2.18. The van der Waals surface area contributed by atoms with Crippen LogP contribution in [0.3, 0.4) is 0 Å². The number of hydrogen-bond donors (Lipinski definition) is 3. The van der Waals surface area contributed by atoms with Gasteiger partial charge in [-0.15, -0.1) is 0 Å². The quantitative estimate of drug-likeness (QED) is 0.223. The van der Waals surface area contributed by atoms with Crippen molar-refractivity contribution in [3.05, 3.63) is 107 Å². The number of carbonyl (C=O) groups is 2. The first-order valence-electron chi connectivity index (χ1n) is 13.6. The summed E-state index contributed by atoms with van der Waals surface area (Å²) in [5.41, 5.74) is 9.81. The molecule has 0 radical (unpaired) electrons. The molecule has 7 rings (SSSR count). The molecule has 216 valence electrons. The zero-order chi connectivity index (χ0) is 30.1. The lowest BCUT2D eigenvalue weighted by Gasteiger charge is -2.12. The standard InChI is InChI=1S/C22H20ClN5O2.C10H7NO2/c1-13-26-20(27-30-13)19-18(23)16-4-2-3-5-17(16)28(19)15-8-6-14(7-9-15)12-25-21(29)22(24)10-11-22;12-10(13)8-5-7-3-1-2-4-9(7)11-6-8/h2-9H,10-12,24H2,1H3,(H,25,29);1-6H,(H,12,13). The van der Waals surface area contributed by atoms with Gasteiger partial charge in [0.2, 0.25) is 17.6 Å². The molecule has 0 atom stereocenters. The van der Waals surface area contributed by atoms with Gasteiger partial charge in [-0.3, -0.25) is 9.78 Å². The van der Waals surface area contributed by atoms with E-state index in [1.807, 2.05) is 77.4 Å². The average molecular weight is 595 g/mol. The van der Waals surface area contributed by atoms with E-state index in [4.69, 9.17) is 27.0 Å². The van der Waals surface area contributed by atoms with Gasteiger partial charge in [0.15, 0.2) is 0 Å². The third kappa shape index (κ3) is 5.70. The lowest BCUT2D eigenvalue weighted by atomic mass is 10.2. The molecule has 3 aromatic heterocycles. The fourth-order valence-corrected chi connectivity index (χ4v) is 5.06. The number of carboxylic acids is 1. The second-order valence-corrected chi connectivity index (χ2v) is 10.8. The van der Waals surface area contributed by atoms with Crippen LogP contribution in [0.4, 0.5) is 0 Å². The lowest BCUT2D eigenvalue weighted by molar-refractivity contribution is -0.123. The van der Waals surface area contributed by atoms with Crippen molar-refractivity contribution in [2.45, 2.75) is 31.8 Å². The molecule has 1 fully saturated rings. The predicted octanol–water partition coefficient (Wildman–Crippen LogP) is 5.68. The Balaban J connectivity index is 0.000000211. The number of hydrogen-bond acceptors (Lipinski definition) is 7. The maximum atomic E-state index is 12.1. The zero-order valence-electron chi connectivity index (χ0n) is 23.1. The summed E-state index contributed by atoms with van der Waals surface area (Å²) in [5.74, 6) is -0.136. The normalized spacial score (nSPS) is 13.4. The number of para-hydroxylation sites is 2. The van der Waals surface area contributed by atoms with Gasteiger partial charge >= 0.3 is 5.97 Å². The molecule has 1 amide bonds. The number of nitrogens with one attached hydrogen (secondary N) is 1. The van der Waals surface area contributed by atoms with E-state index in [0.717, 1.165) is 45.9 Å². The van der Waals surface area contributed by atoms with Crippen LogP contribution in [-0.2, 0) is 11.3 Å². The second-order valence-electron chi connectivity index (χ2n) is 10.4. The van der Waals surface area contributed by atoms with E-state index in [1.54, 1.807) is 13.0 Å². The minimum atomic E-state index is -0.946. The maximum absolute atomic E-state index is 12.1. The number of fused-ring (bicyclic) bond motifs is 2. The molecule has 3 heterocycles. The van der Waals surface area contributed by atoms with Crippen LogP contribution < -0.4 is 11.1 Å². The Kier molecular flexibility index (Phi) is 7.39. The number of nitrogens with two attached hydrogens (primary N) is 1. The van der Waals surface area contributed by atoms with Gasteiger partial charge in [0.25, 0.3) is 0 Å². The number of aromatic nitrogens is 4. The van der Waals surface area contributed by atoms with E-state index in [9.17, 15) is 9.59 Å². The molecule has 1 saturated carbocycles. The van der Waals surface area contributed by atoms with Crippen molar-refractivity contribution in [2.75, 3.05) is 0 Å². The van der Waals surface area contributed by atoms with Gasteiger partial charge in [0.1, 0.15) is 5.69 Å². The SMILES string of the molecule is Cc1nc(-c2c(Cl)c3ccccc3n2-c2ccc(CNC(=O)C3(N)CC3)cc2)no1.O=C(O)c1cnc2ccccc2c1. The first kappa shape index (κ1) is 28.1. The molecule has 10 nitrogen and oxygen atoms in total. The van der Waals surface area contributed by atoms with Crippen molar-refractivity contribution in [2.24, 2.45) is 5.73 Å². The van der Waals surface area contributed by atoms with E-state index in [0.29, 0.717) is 29.0 Å². The van der Waals surface area contributed by atoms with E-state index < -0.39 is 11.5 Å². The highest BCUT2D eigenvalue weighted by molar-refractivity contribution is 6.38. The molecule has 0 saturated heterocycles. The van der Waals surface area contributed by atoms with Gasteiger partial charge in [-0.2, -0.15) is 4.98 Å². The number of carboxylic acid groups (broad SMARTS) is 1. The Morgan fingerprint density at radius 2 is 1.79 bits per heavy atom. The van der Waals surface area contributed by atoms with E-state index in [-0.39, 0.29) is 11.5 Å². The Morgan fingerprint density at radius 3 is 2.49 bits per heavy atom. The number of halogens is 1. The molecule has 3 aromatic carbocycles. The molecule has 6 aromatic rings. The van der Waals surface area contributed by atoms with Gasteiger partial charge in [0, 0.05) is 36.1 Å². The first-order chi connectivity index (χ1) is 20.7. The Morgan fingerprint density at radius 1 is 1.07 bits per heavy atom. The number of aryl methyl sites for hydroxylation is 1. The fourth-order valence-electron chi connectivity index (χ4n) is 4.73. The summed E-state index contributed by atoms with van der Waals surface area (Å²) in [7, 11) is 0. The molecule has 43 heavy (non-hydrogen) atoms. The van der Waals surface area contributed by atoms with Crippen LogP contribution in [0.25, 0.3) is 39.0 Å². The predicted molar refractivity (Wildman–Crippen MR) is 163 cm³/mol. The third-order valence-electron chi connectivity index (χ3n) is 7.28. The number of pyridine rings is 1. The van der Waals surface area contributed by atoms with Crippen molar-refractivity contribution in [3.8, 4) is 17.2 Å². The van der Waals surface area contributed by atoms with Crippen LogP contribution in [0.15, 0.2) is 89.6 Å². The van der Waals surface area contributed by atoms with Crippen LogP contribution in [0.2, 0.25) is 5.02 Å². The minimum absolute atomic E-state index is 0.0930. The third-order valence-corrected chi connectivity index (χ3v) is 7.66. The van der Waals surface area contributed by atoms with Gasteiger partial charge in [-0.25, -0.2) is 4.79 Å². The molecule has 1 aliphatic rings. The molecule has 0 unspecified atom stereocenters. The molecule has 0 bridgehead atoms. The smallest absolute Gasteiger partial charge is 0.337 e. The summed E-state index contributed by atoms with van der Waals surface area (Å²) < 4.78 is 7.20. The highest BCUT2D eigenvalue weighted by Gasteiger charge is 2.45. The molecule has 0 spiro atoms. The summed E-state index contributed by atoms with van der Waals surface area (Å²) in [6, 6.07) is 24.8. The van der Waals surface area contributed by atoms with Crippen molar-refractivity contribution in [1.29, 1.82) is 0 Å². The number of amides is 1. The van der Waals surface area contributed by atoms with Crippen LogP contribution in [0.5, 0.6) is 0 Å². The summed E-state index contributed by atoms with van der Waals surface area (Å²) in [6.07, 6.45) is 2.86. The molecule has 0 aliphatic heterocycles. The molecular formula is C32H27ClN6O4. The van der Waals surface area contributed by atoms with Crippen molar-refractivity contribution >= 4 is 45.3 Å². The van der Waals surface area contributed by atoms with Crippen LogP contribution in [0.1, 0.15) is 34.7 Å². The molecule has 11 heteroatoms.